The molecule has 102 valence electrons. The number of carbonyl (C=O) groups excluding carboxylic acids is 1. The molecule has 8 heteroatoms. The first-order chi connectivity index (χ1) is 8.37. The van der Waals surface area contributed by atoms with Gasteiger partial charge in [0.05, 0.1) is 11.9 Å². The van der Waals surface area contributed by atoms with Gasteiger partial charge in [-0.25, -0.2) is 0 Å². The third-order valence-corrected chi connectivity index (χ3v) is 2.17. The minimum Gasteiger partial charge on any atom is -0.396 e. The van der Waals surface area contributed by atoms with Gasteiger partial charge in [0, 0.05) is 19.2 Å². The van der Waals surface area contributed by atoms with Crippen LogP contribution in [0, 0.1) is 0 Å². The Kier molecular flexibility index (Phi) is 4.99. The van der Waals surface area contributed by atoms with Crippen LogP contribution in [0.2, 0.25) is 0 Å². The molecular weight excluding hydrogens is 249 g/mol. The number of aromatic nitrogens is 2. The number of amides is 1. The summed E-state index contributed by atoms with van der Waals surface area (Å²) in [7, 11) is 0. The Hall–Kier alpha value is -1.73. The fourth-order valence-electron chi connectivity index (χ4n) is 1.35. The van der Waals surface area contributed by atoms with Crippen LogP contribution in [-0.2, 0) is 11.3 Å². The fourth-order valence-corrected chi connectivity index (χ4v) is 1.35. The van der Waals surface area contributed by atoms with Gasteiger partial charge in [-0.1, -0.05) is 0 Å². The molecule has 1 aromatic heterocycles. The number of rotatable bonds is 6. The van der Waals surface area contributed by atoms with E-state index in [4.69, 9.17) is 5.73 Å². The largest absolute Gasteiger partial charge is 0.396 e. The summed E-state index contributed by atoms with van der Waals surface area (Å²) in [4.78, 5) is 11.3. The summed E-state index contributed by atoms with van der Waals surface area (Å²) in [6.07, 6.45) is -1.72. The van der Waals surface area contributed by atoms with E-state index < -0.39 is 12.6 Å². The zero-order valence-electron chi connectivity index (χ0n) is 9.70. The van der Waals surface area contributed by atoms with Crippen molar-refractivity contribution in [3.8, 4) is 0 Å². The molecule has 0 spiro atoms. The highest BCUT2D eigenvalue weighted by molar-refractivity contribution is 5.75. The van der Waals surface area contributed by atoms with Gasteiger partial charge in [-0.15, -0.1) is 0 Å². The molecule has 0 saturated carbocycles. The number of alkyl halides is 3. The Bertz CT molecular complexity index is 389. The van der Waals surface area contributed by atoms with Gasteiger partial charge in [0.25, 0.3) is 0 Å². The first-order valence-corrected chi connectivity index (χ1v) is 5.48. The lowest BCUT2D eigenvalue weighted by Crippen LogP contribution is -2.28. The summed E-state index contributed by atoms with van der Waals surface area (Å²) in [6, 6.07) is 0. The van der Waals surface area contributed by atoms with E-state index in [2.05, 4.69) is 10.4 Å². The highest BCUT2D eigenvalue weighted by Gasteiger charge is 2.25. The third kappa shape index (κ3) is 6.12. The molecular formula is C10H15F3N4O. The SMILES string of the molecule is Nc1cnn(CC(=O)NCCCCC(F)(F)F)c1. The van der Waals surface area contributed by atoms with Gasteiger partial charge in [-0.05, 0) is 12.8 Å². The summed E-state index contributed by atoms with van der Waals surface area (Å²) in [5, 5.41) is 6.33. The molecule has 1 rings (SSSR count). The van der Waals surface area contributed by atoms with Gasteiger partial charge in [-0.2, -0.15) is 18.3 Å². The number of nitrogens with one attached hydrogen (secondary N) is 1. The van der Waals surface area contributed by atoms with Crippen LogP contribution in [0.25, 0.3) is 0 Å². The molecule has 0 radical (unpaired) electrons. The van der Waals surface area contributed by atoms with Crippen LogP contribution in [0.5, 0.6) is 0 Å². The Morgan fingerprint density at radius 3 is 2.72 bits per heavy atom. The van der Waals surface area contributed by atoms with E-state index in [1.807, 2.05) is 0 Å². The molecule has 18 heavy (non-hydrogen) atoms. The maximum atomic E-state index is 11.8. The van der Waals surface area contributed by atoms with Gasteiger partial charge in [0.15, 0.2) is 0 Å². The van der Waals surface area contributed by atoms with Crippen LogP contribution >= 0.6 is 0 Å². The first kappa shape index (κ1) is 14.3. The van der Waals surface area contributed by atoms with E-state index in [0.717, 1.165) is 0 Å². The van der Waals surface area contributed by atoms with Gasteiger partial charge >= 0.3 is 6.18 Å². The molecule has 0 aliphatic heterocycles. The molecule has 1 amide bonds. The van der Waals surface area contributed by atoms with E-state index in [1.54, 1.807) is 0 Å². The van der Waals surface area contributed by atoms with E-state index >= 15 is 0 Å². The lowest BCUT2D eigenvalue weighted by atomic mass is 10.2. The molecule has 0 atom stereocenters. The lowest BCUT2D eigenvalue weighted by Gasteiger charge is -2.07. The van der Waals surface area contributed by atoms with Crippen LogP contribution in [0.15, 0.2) is 12.4 Å². The van der Waals surface area contributed by atoms with Crippen LogP contribution in [0.4, 0.5) is 18.9 Å². The van der Waals surface area contributed by atoms with Gasteiger partial charge in [0.1, 0.15) is 6.54 Å². The van der Waals surface area contributed by atoms with Gasteiger partial charge in [0.2, 0.25) is 5.91 Å². The predicted octanol–water partition coefficient (Wildman–Crippen LogP) is 1.31. The van der Waals surface area contributed by atoms with Crippen molar-refractivity contribution >= 4 is 11.6 Å². The fraction of sp³-hybridized carbons (Fsp3) is 0.600. The summed E-state index contributed by atoms with van der Waals surface area (Å²) >= 11 is 0. The number of nitrogen functional groups attached to an aromatic ring is 1. The molecule has 0 aliphatic rings. The normalized spacial score (nSPS) is 11.5. The van der Waals surface area contributed by atoms with Crippen molar-refractivity contribution < 1.29 is 18.0 Å². The number of nitrogens with two attached hydrogens (primary N) is 1. The second-order valence-corrected chi connectivity index (χ2v) is 3.89. The van der Waals surface area contributed by atoms with E-state index in [9.17, 15) is 18.0 Å². The smallest absolute Gasteiger partial charge is 0.389 e. The number of anilines is 1. The average molecular weight is 264 g/mol. The minimum atomic E-state index is -4.13. The summed E-state index contributed by atoms with van der Waals surface area (Å²) < 4.78 is 36.8. The monoisotopic (exact) mass is 264 g/mol. The second kappa shape index (κ2) is 6.27. The Balaban J connectivity index is 2.11. The van der Waals surface area contributed by atoms with Crippen LogP contribution < -0.4 is 11.1 Å². The molecule has 0 unspecified atom stereocenters. The van der Waals surface area contributed by atoms with Crippen LogP contribution in [0.3, 0.4) is 0 Å². The number of halogens is 3. The molecule has 0 aliphatic carbocycles. The Labute approximate surface area is 102 Å². The maximum Gasteiger partial charge on any atom is 0.389 e. The Morgan fingerprint density at radius 1 is 1.44 bits per heavy atom. The highest BCUT2D eigenvalue weighted by atomic mass is 19.4. The second-order valence-electron chi connectivity index (χ2n) is 3.89. The maximum absolute atomic E-state index is 11.8. The van der Waals surface area contributed by atoms with Crippen LogP contribution in [0.1, 0.15) is 19.3 Å². The minimum absolute atomic E-state index is 0.0104. The number of hydrogen-bond acceptors (Lipinski definition) is 3. The zero-order valence-corrected chi connectivity index (χ0v) is 9.70. The standard InChI is InChI=1S/C10H15F3N4O/c11-10(12,13)3-1-2-4-15-9(18)7-17-6-8(14)5-16-17/h5-6H,1-4,7,14H2,(H,15,18). The lowest BCUT2D eigenvalue weighted by molar-refractivity contribution is -0.135. The summed E-state index contributed by atoms with van der Waals surface area (Å²) in [5.41, 5.74) is 5.86. The van der Waals surface area contributed by atoms with Crippen molar-refractivity contribution in [2.45, 2.75) is 32.0 Å². The molecule has 0 saturated heterocycles. The van der Waals surface area contributed by atoms with E-state index in [-0.39, 0.29) is 25.4 Å². The molecule has 1 aromatic rings. The molecule has 0 aromatic carbocycles. The molecule has 1 heterocycles. The van der Waals surface area contributed by atoms with E-state index in [1.165, 1.54) is 17.1 Å². The topological polar surface area (TPSA) is 72.9 Å². The Morgan fingerprint density at radius 2 is 2.17 bits per heavy atom. The van der Waals surface area contributed by atoms with Crippen molar-refractivity contribution in [3.05, 3.63) is 12.4 Å². The first-order valence-electron chi connectivity index (χ1n) is 5.48. The quantitative estimate of drug-likeness (QED) is 0.761. The van der Waals surface area contributed by atoms with Crippen molar-refractivity contribution in [2.75, 3.05) is 12.3 Å². The predicted molar refractivity (Wildman–Crippen MR) is 59.6 cm³/mol. The highest BCUT2D eigenvalue weighted by Crippen LogP contribution is 2.21. The van der Waals surface area contributed by atoms with Crippen molar-refractivity contribution in [1.82, 2.24) is 15.1 Å². The number of nitrogens with zero attached hydrogens (tertiary/aromatic N) is 2. The zero-order chi connectivity index (χ0) is 13.6. The van der Waals surface area contributed by atoms with E-state index in [0.29, 0.717) is 12.1 Å². The summed E-state index contributed by atoms with van der Waals surface area (Å²) in [5.74, 6) is -0.301. The molecule has 0 bridgehead atoms. The average Bonchev–Trinajstić information content (AvgIpc) is 2.61. The molecule has 0 fully saturated rings. The third-order valence-electron chi connectivity index (χ3n) is 2.17. The van der Waals surface area contributed by atoms with Gasteiger partial charge < -0.3 is 11.1 Å². The van der Waals surface area contributed by atoms with Crippen LogP contribution in [-0.4, -0.2) is 28.4 Å². The summed E-state index contributed by atoms with van der Waals surface area (Å²) in [6.45, 7) is 0.238. The van der Waals surface area contributed by atoms with Gasteiger partial charge in [-0.3, -0.25) is 9.48 Å². The van der Waals surface area contributed by atoms with Crippen molar-refractivity contribution in [3.63, 3.8) is 0 Å². The van der Waals surface area contributed by atoms with Crippen molar-refractivity contribution in [2.24, 2.45) is 0 Å². The number of hydrogen-bond donors (Lipinski definition) is 2. The number of unbranched alkanes of at least 4 members (excludes halogenated alkanes) is 1. The molecule has 3 N–H and O–H groups in total. The van der Waals surface area contributed by atoms with Crippen molar-refractivity contribution in [1.29, 1.82) is 0 Å². The number of carbonyl (C=O) groups is 1. The molecule has 5 nitrogen and oxygen atoms in total.